The second-order valence-electron chi connectivity index (χ2n) is 12.8. The largest absolute Gasteiger partial charge is 0.390 e. The van der Waals surface area contributed by atoms with E-state index in [0.29, 0.717) is 56.6 Å². The van der Waals surface area contributed by atoms with Gasteiger partial charge in [-0.25, -0.2) is 18.4 Å². The molecule has 6 rings (SSSR count). The first-order valence-corrected chi connectivity index (χ1v) is 17.4. The van der Waals surface area contributed by atoms with Gasteiger partial charge in [-0.05, 0) is 74.8 Å². The topological polar surface area (TPSA) is 132 Å². The number of aliphatic hydroxyl groups is 1. The van der Waals surface area contributed by atoms with E-state index >= 15 is 0 Å². The van der Waals surface area contributed by atoms with E-state index in [1.165, 1.54) is 12.3 Å². The fourth-order valence-corrected chi connectivity index (χ4v) is 7.97. The number of carbonyl (C=O) groups is 1. The molecule has 3 atom stereocenters. The van der Waals surface area contributed by atoms with Gasteiger partial charge in [-0.15, -0.1) is 0 Å². The van der Waals surface area contributed by atoms with Crippen molar-refractivity contribution in [1.29, 1.82) is 0 Å². The molecule has 3 fully saturated rings. The maximum absolute atomic E-state index is 12.8. The number of rotatable bonds is 8. The summed E-state index contributed by atoms with van der Waals surface area (Å²) in [6.45, 7) is 10.3. The van der Waals surface area contributed by atoms with Crippen molar-refractivity contribution in [2.24, 2.45) is 5.92 Å². The van der Waals surface area contributed by atoms with Gasteiger partial charge in [-0.1, -0.05) is 12.6 Å². The van der Waals surface area contributed by atoms with E-state index in [1.54, 1.807) is 12.3 Å². The quantitative estimate of drug-likeness (QED) is 0.359. The number of nitrogens with zero attached hydrogens (tertiary/aromatic N) is 6. The number of carbonyl (C=O) groups excluding carboxylic acids is 1. The zero-order valence-corrected chi connectivity index (χ0v) is 26.4. The first-order chi connectivity index (χ1) is 20.9. The predicted molar refractivity (Wildman–Crippen MR) is 173 cm³/mol. The SMILES string of the molecule is C=CC(=O)N1CCC[C@@H]1c1ccc(N2C[C@H](CS(C)(=O)=O)[C@H]2C)c2cnc(Nc3ccnc(N4CCC(C)(O)CC4)n3)cc12. The number of fused-ring (bicyclic) bond motifs is 1. The lowest BCUT2D eigenvalue weighted by Crippen LogP contribution is -2.57. The van der Waals surface area contributed by atoms with Crippen molar-refractivity contribution in [3.63, 3.8) is 0 Å². The second kappa shape index (κ2) is 11.6. The highest BCUT2D eigenvalue weighted by Crippen LogP contribution is 2.42. The molecule has 3 aliphatic heterocycles. The Morgan fingerprint density at radius 1 is 1.16 bits per heavy atom. The number of amides is 1. The Balaban J connectivity index is 1.33. The van der Waals surface area contributed by atoms with Gasteiger partial charge in [0.2, 0.25) is 11.9 Å². The third kappa shape index (κ3) is 6.10. The van der Waals surface area contributed by atoms with Gasteiger partial charge in [-0.3, -0.25) is 4.79 Å². The van der Waals surface area contributed by atoms with Crippen LogP contribution in [0, 0.1) is 5.92 Å². The van der Waals surface area contributed by atoms with Crippen molar-refractivity contribution in [3.05, 3.63) is 54.9 Å². The van der Waals surface area contributed by atoms with Crippen molar-refractivity contribution >= 4 is 49.8 Å². The molecule has 1 aromatic carbocycles. The van der Waals surface area contributed by atoms with Gasteiger partial charge in [0.15, 0.2) is 0 Å². The number of benzene rings is 1. The number of pyridine rings is 1. The first kappa shape index (κ1) is 30.3. The highest BCUT2D eigenvalue weighted by Gasteiger charge is 2.39. The maximum atomic E-state index is 12.8. The van der Waals surface area contributed by atoms with Gasteiger partial charge >= 0.3 is 0 Å². The molecule has 0 unspecified atom stereocenters. The second-order valence-corrected chi connectivity index (χ2v) is 15.0. The first-order valence-electron chi connectivity index (χ1n) is 15.3. The normalized spacial score (nSPS) is 23.5. The molecule has 0 saturated carbocycles. The molecular weight excluding hydrogens is 578 g/mol. The minimum atomic E-state index is -3.07. The summed E-state index contributed by atoms with van der Waals surface area (Å²) < 4.78 is 23.9. The molecule has 11 nitrogen and oxygen atoms in total. The van der Waals surface area contributed by atoms with Crippen LogP contribution in [0.25, 0.3) is 10.8 Å². The van der Waals surface area contributed by atoms with Crippen LogP contribution in [0.1, 0.15) is 51.1 Å². The fourth-order valence-electron chi connectivity index (χ4n) is 6.80. The smallest absolute Gasteiger partial charge is 0.246 e. The van der Waals surface area contributed by atoms with Crippen molar-refractivity contribution in [1.82, 2.24) is 19.9 Å². The van der Waals surface area contributed by atoms with Crippen LogP contribution in [0.3, 0.4) is 0 Å². The average molecular weight is 620 g/mol. The van der Waals surface area contributed by atoms with Crippen LogP contribution >= 0.6 is 0 Å². The summed E-state index contributed by atoms with van der Waals surface area (Å²) in [4.78, 5) is 32.9. The van der Waals surface area contributed by atoms with Crippen molar-refractivity contribution < 1.29 is 18.3 Å². The lowest BCUT2D eigenvalue weighted by molar-refractivity contribution is -0.126. The summed E-state index contributed by atoms with van der Waals surface area (Å²) in [6.07, 6.45) is 9.33. The van der Waals surface area contributed by atoms with E-state index in [4.69, 9.17) is 9.97 Å². The predicted octanol–water partition coefficient (Wildman–Crippen LogP) is 3.84. The van der Waals surface area contributed by atoms with Crippen LogP contribution in [0.2, 0.25) is 0 Å². The Labute approximate surface area is 258 Å². The monoisotopic (exact) mass is 619 g/mol. The third-order valence-corrected chi connectivity index (χ3v) is 10.5. The number of likely N-dealkylation sites (tertiary alicyclic amines) is 1. The molecule has 12 heteroatoms. The third-order valence-electron chi connectivity index (χ3n) is 9.43. The summed E-state index contributed by atoms with van der Waals surface area (Å²) in [5.74, 6) is 2.00. The Morgan fingerprint density at radius 3 is 2.64 bits per heavy atom. The van der Waals surface area contributed by atoms with Crippen molar-refractivity contribution in [3.8, 4) is 0 Å². The number of hydrogen-bond acceptors (Lipinski definition) is 10. The Morgan fingerprint density at radius 2 is 1.93 bits per heavy atom. The summed E-state index contributed by atoms with van der Waals surface area (Å²) in [6, 6.07) is 7.99. The van der Waals surface area contributed by atoms with E-state index in [0.717, 1.165) is 34.9 Å². The molecule has 2 aromatic heterocycles. The highest BCUT2D eigenvalue weighted by molar-refractivity contribution is 7.90. The van der Waals surface area contributed by atoms with E-state index in [2.05, 4.69) is 45.7 Å². The number of aromatic nitrogens is 3. The number of piperidine rings is 1. The molecule has 0 bridgehead atoms. The van der Waals surface area contributed by atoms with Gasteiger partial charge in [0.1, 0.15) is 21.5 Å². The zero-order chi connectivity index (χ0) is 31.2. The number of sulfone groups is 1. The Bertz CT molecular complexity index is 1690. The van der Waals surface area contributed by atoms with E-state index < -0.39 is 15.4 Å². The Kier molecular flexibility index (Phi) is 8.00. The zero-order valence-electron chi connectivity index (χ0n) is 25.6. The molecule has 3 aliphatic rings. The van der Waals surface area contributed by atoms with Crippen LogP contribution in [-0.4, -0.2) is 89.1 Å². The lowest BCUT2D eigenvalue weighted by Gasteiger charge is -2.48. The molecule has 5 heterocycles. The van der Waals surface area contributed by atoms with Gasteiger partial charge in [0, 0.05) is 67.9 Å². The molecule has 234 valence electrons. The van der Waals surface area contributed by atoms with Crippen LogP contribution in [0.4, 0.5) is 23.3 Å². The lowest BCUT2D eigenvalue weighted by atomic mass is 9.89. The standard InChI is InChI=1S/C32H41N7O4S/c1-5-30(40)38-14-6-7-26(38)23-8-9-27(39-19-22(21(39)2)20-44(4,42)43)25-18-34-29(17-24(23)25)35-28-10-13-33-31(36-28)37-15-11-32(3,41)12-16-37/h5,8-10,13,17-18,21-22,26,41H,1,6-7,11-12,14-16,19-20H2,2-4H3,(H,33,34,35,36)/t21-,22-,26-/m1/s1. The van der Waals surface area contributed by atoms with Gasteiger partial charge in [0.05, 0.1) is 17.4 Å². The molecule has 0 spiro atoms. The summed E-state index contributed by atoms with van der Waals surface area (Å²) in [7, 11) is -3.07. The molecule has 3 aromatic rings. The Hall–Kier alpha value is -3.77. The number of nitrogens with one attached hydrogen (secondary N) is 1. The minimum absolute atomic E-state index is 0.0693. The molecule has 0 aliphatic carbocycles. The van der Waals surface area contributed by atoms with Crippen LogP contribution in [0.5, 0.6) is 0 Å². The summed E-state index contributed by atoms with van der Waals surface area (Å²) in [5, 5.41) is 15.6. The van der Waals surface area contributed by atoms with Crippen molar-refractivity contribution in [2.75, 3.05) is 53.3 Å². The molecule has 3 saturated heterocycles. The fraction of sp³-hybridized carbons (Fsp3) is 0.500. The van der Waals surface area contributed by atoms with E-state index in [9.17, 15) is 18.3 Å². The number of anilines is 4. The molecule has 2 N–H and O–H groups in total. The van der Waals surface area contributed by atoms with Crippen molar-refractivity contribution in [2.45, 2.75) is 57.2 Å². The molecule has 1 amide bonds. The average Bonchev–Trinajstić information content (AvgIpc) is 3.47. The van der Waals surface area contributed by atoms with Gasteiger partial charge in [0.25, 0.3) is 0 Å². The van der Waals surface area contributed by atoms with Crippen LogP contribution < -0.4 is 15.1 Å². The summed E-state index contributed by atoms with van der Waals surface area (Å²) in [5.41, 5.74) is 1.39. The van der Waals surface area contributed by atoms with Gasteiger partial charge in [-0.2, -0.15) is 4.98 Å². The minimum Gasteiger partial charge on any atom is -0.390 e. The van der Waals surface area contributed by atoms with E-state index in [-0.39, 0.29) is 29.7 Å². The highest BCUT2D eigenvalue weighted by atomic mass is 32.2. The van der Waals surface area contributed by atoms with Gasteiger partial charge < -0.3 is 25.1 Å². The molecular formula is C32H41N7O4S. The van der Waals surface area contributed by atoms with Crippen LogP contribution in [-0.2, 0) is 14.6 Å². The maximum Gasteiger partial charge on any atom is 0.246 e. The van der Waals surface area contributed by atoms with E-state index in [1.807, 2.05) is 24.1 Å². The van der Waals surface area contributed by atoms with Crippen LogP contribution in [0.15, 0.2) is 49.3 Å². The molecule has 0 radical (unpaired) electrons. The summed E-state index contributed by atoms with van der Waals surface area (Å²) >= 11 is 0. The number of hydrogen-bond donors (Lipinski definition) is 2. The molecule has 44 heavy (non-hydrogen) atoms.